The Bertz CT molecular complexity index is 604. The van der Waals surface area contributed by atoms with Crippen molar-refractivity contribution in [1.29, 1.82) is 0 Å². The van der Waals surface area contributed by atoms with E-state index in [1.165, 1.54) is 28.7 Å². The Morgan fingerprint density at radius 3 is 2.68 bits per heavy atom. The first kappa shape index (κ1) is 12.4. The highest BCUT2D eigenvalue weighted by atomic mass is 16.1. The van der Waals surface area contributed by atoms with Crippen LogP contribution in [0.15, 0.2) is 41.5 Å². The molecule has 1 aromatic carbocycles. The van der Waals surface area contributed by atoms with Crippen LogP contribution in [0.2, 0.25) is 0 Å². The number of allylic oxidation sites excluding steroid dienone is 4. The molecule has 2 aliphatic carbocycles. The number of aryl methyl sites for hydroxylation is 1. The minimum atomic E-state index is 0.200. The van der Waals surface area contributed by atoms with Crippen LogP contribution in [0.5, 0.6) is 0 Å². The van der Waals surface area contributed by atoms with Gasteiger partial charge in [-0.3, -0.25) is 4.79 Å². The van der Waals surface area contributed by atoms with E-state index >= 15 is 0 Å². The third-order valence-corrected chi connectivity index (χ3v) is 4.48. The molecule has 2 unspecified atom stereocenters. The maximum Gasteiger partial charge on any atom is 0.160 e. The molecule has 3 rings (SSSR count). The molecule has 0 spiro atoms. The molecule has 1 nitrogen and oxygen atoms in total. The van der Waals surface area contributed by atoms with Crippen molar-refractivity contribution in [3.05, 3.63) is 52.6 Å². The highest BCUT2D eigenvalue weighted by Crippen LogP contribution is 2.56. The average molecular weight is 252 g/mol. The van der Waals surface area contributed by atoms with Crippen molar-refractivity contribution in [1.82, 2.24) is 0 Å². The van der Waals surface area contributed by atoms with Crippen molar-refractivity contribution in [3.8, 4) is 0 Å². The van der Waals surface area contributed by atoms with Gasteiger partial charge in [0, 0.05) is 5.57 Å². The molecule has 0 aromatic heterocycles. The summed E-state index contributed by atoms with van der Waals surface area (Å²) in [7, 11) is 0. The summed E-state index contributed by atoms with van der Waals surface area (Å²) in [5.74, 6) is 1.46. The van der Waals surface area contributed by atoms with Crippen LogP contribution in [-0.4, -0.2) is 5.78 Å². The summed E-state index contributed by atoms with van der Waals surface area (Å²) >= 11 is 0. The van der Waals surface area contributed by atoms with Crippen LogP contribution in [0.3, 0.4) is 0 Å². The fraction of sp³-hybridized carbons (Fsp3) is 0.389. The SMILES string of the molecule is CCc1ccccc1C1=C(C(C)=O)C=C(C)C2CC12. The predicted octanol–water partition coefficient (Wildman–Crippen LogP) is 4.19. The molecule has 1 fully saturated rings. The standard InChI is InChI=1S/C18H20O/c1-4-13-7-5-6-8-14(13)18-16(12(3)19)9-11(2)15-10-17(15)18/h5-9,15,17H,4,10H2,1-3H3. The van der Waals surface area contributed by atoms with Gasteiger partial charge < -0.3 is 0 Å². The topological polar surface area (TPSA) is 17.1 Å². The number of benzene rings is 1. The van der Waals surface area contributed by atoms with Gasteiger partial charge in [0.1, 0.15) is 0 Å². The molecule has 98 valence electrons. The molecule has 2 aliphatic rings. The van der Waals surface area contributed by atoms with Crippen molar-refractivity contribution in [3.63, 3.8) is 0 Å². The Hall–Kier alpha value is -1.63. The third kappa shape index (κ3) is 1.98. The van der Waals surface area contributed by atoms with Crippen LogP contribution in [-0.2, 0) is 11.2 Å². The summed E-state index contributed by atoms with van der Waals surface area (Å²) < 4.78 is 0. The van der Waals surface area contributed by atoms with Gasteiger partial charge >= 0.3 is 0 Å². The predicted molar refractivity (Wildman–Crippen MR) is 78.8 cm³/mol. The van der Waals surface area contributed by atoms with Crippen LogP contribution < -0.4 is 0 Å². The number of carbonyl (C=O) groups excluding carboxylic acids is 1. The number of ketones is 1. The van der Waals surface area contributed by atoms with Crippen molar-refractivity contribution in [2.24, 2.45) is 11.8 Å². The zero-order valence-electron chi connectivity index (χ0n) is 11.9. The lowest BCUT2D eigenvalue weighted by atomic mass is 9.84. The van der Waals surface area contributed by atoms with Crippen LogP contribution >= 0.6 is 0 Å². The lowest BCUT2D eigenvalue weighted by molar-refractivity contribution is -0.113. The maximum atomic E-state index is 12.0. The Kier molecular flexibility index (Phi) is 2.93. The first-order chi connectivity index (χ1) is 9.13. The first-order valence-corrected chi connectivity index (χ1v) is 7.15. The van der Waals surface area contributed by atoms with Gasteiger partial charge in [-0.2, -0.15) is 0 Å². The number of fused-ring (bicyclic) bond motifs is 1. The average Bonchev–Trinajstić information content (AvgIpc) is 3.19. The summed E-state index contributed by atoms with van der Waals surface area (Å²) in [6, 6.07) is 8.54. The third-order valence-electron chi connectivity index (χ3n) is 4.48. The van der Waals surface area contributed by atoms with Crippen molar-refractivity contribution < 1.29 is 4.79 Å². The second-order valence-electron chi connectivity index (χ2n) is 5.73. The van der Waals surface area contributed by atoms with Crippen LogP contribution in [0.25, 0.3) is 5.57 Å². The first-order valence-electron chi connectivity index (χ1n) is 7.15. The van der Waals surface area contributed by atoms with Gasteiger partial charge in [-0.05, 0) is 55.2 Å². The monoisotopic (exact) mass is 252 g/mol. The minimum absolute atomic E-state index is 0.200. The summed E-state index contributed by atoms with van der Waals surface area (Å²) in [5, 5.41) is 0. The number of rotatable bonds is 3. The molecule has 0 N–H and O–H groups in total. The molecule has 19 heavy (non-hydrogen) atoms. The van der Waals surface area contributed by atoms with E-state index in [0.29, 0.717) is 11.8 Å². The van der Waals surface area contributed by atoms with Crippen LogP contribution in [0, 0.1) is 11.8 Å². The number of Topliss-reactive ketones (excluding diaryl/α,β-unsaturated/α-hetero) is 1. The van der Waals surface area contributed by atoms with E-state index in [4.69, 9.17) is 0 Å². The molecular formula is C18H20O. The highest BCUT2D eigenvalue weighted by Gasteiger charge is 2.45. The molecule has 1 aromatic rings. The van der Waals surface area contributed by atoms with E-state index in [1.807, 2.05) is 0 Å². The van der Waals surface area contributed by atoms with Crippen molar-refractivity contribution >= 4 is 11.4 Å². The Morgan fingerprint density at radius 2 is 2.00 bits per heavy atom. The molecule has 0 saturated heterocycles. The maximum absolute atomic E-state index is 12.0. The largest absolute Gasteiger partial charge is 0.295 e. The zero-order valence-corrected chi connectivity index (χ0v) is 11.9. The van der Waals surface area contributed by atoms with Gasteiger partial charge in [-0.15, -0.1) is 0 Å². The molecule has 1 heteroatoms. The van der Waals surface area contributed by atoms with Gasteiger partial charge in [0.2, 0.25) is 0 Å². The van der Waals surface area contributed by atoms with Gasteiger partial charge in [0.05, 0.1) is 0 Å². The van der Waals surface area contributed by atoms with E-state index in [2.05, 4.69) is 44.2 Å². The normalized spacial score (nSPS) is 24.9. The van der Waals surface area contributed by atoms with Gasteiger partial charge in [0.25, 0.3) is 0 Å². The molecule has 0 amide bonds. The molecule has 0 bridgehead atoms. The van der Waals surface area contributed by atoms with Crippen LogP contribution in [0.4, 0.5) is 0 Å². The van der Waals surface area contributed by atoms with E-state index in [1.54, 1.807) is 6.92 Å². The second kappa shape index (κ2) is 4.48. The smallest absolute Gasteiger partial charge is 0.160 e. The van der Waals surface area contributed by atoms with Gasteiger partial charge in [-0.25, -0.2) is 0 Å². The Morgan fingerprint density at radius 1 is 1.26 bits per heavy atom. The van der Waals surface area contributed by atoms with Gasteiger partial charge in [-0.1, -0.05) is 42.8 Å². The summed E-state index contributed by atoms with van der Waals surface area (Å²) in [4.78, 5) is 12.0. The number of carbonyl (C=O) groups is 1. The molecule has 0 aliphatic heterocycles. The lowest BCUT2D eigenvalue weighted by Crippen LogP contribution is -2.08. The fourth-order valence-corrected chi connectivity index (χ4v) is 3.36. The fourth-order valence-electron chi connectivity index (χ4n) is 3.36. The number of hydrogen-bond donors (Lipinski definition) is 0. The van der Waals surface area contributed by atoms with Crippen molar-refractivity contribution in [2.75, 3.05) is 0 Å². The molecule has 1 saturated carbocycles. The van der Waals surface area contributed by atoms with Crippen LogP contribution in [0.1, 0.15) is 38.3 Å². The van der Waals surface area contributed by atoms with E-state index in [9.17, 15) is 4.79 Å². The second-order valence-corrected chi connectivity index (χ2v) is 5.73. The zero-order chi connectivity index (χ0) is 13.6. The quantitative estimate of drug-likeness (QED) is 0.788. The van der Waals surface area contributed by atoms with Crippen molar-refractivity contribution in [2.45, 2.75) is 33.6 Å². The van der Waals surface area contributed by atoms with E-state index in [-0.39, 0.29) is 5.78 Å². The summed E-state index contributed by atoms with van der Waals surface area (Å²) in [6.45, 7) is 6.04. The molecule has 0 radical (unpaired) electrons. The molecular weight excluding hydrogens is 232 g/mol. The molecule has 0 heterocycles. The van der Waals surface area contributed by atoms with Gasteiger partial charge in [0.15, 0.2) is 5.78 Å². The Balaban J connectivity index is 2.20. The van der Waals surface area contributed by atoms with E-state index < -0.39 is 0 Å². The summed E-state index contributed by atoms with van der Waals surface area (Å²) in [5.41, 5.74) is 6.28. The Labute approximate surface area is 115 Å². The number of hydrogen-bond acceptors (Lipinski definition) is 1. The van der Waals surface area contributed by atoms with E-state index in [0.717, 1.165) is 12.0 Å². The summed E-state index contributed by atoms with van der Waals surface area (Å²) in [6.07, 6.45) is 4.36. The lowest BCUT2D eigenvalue weighted by Gasteiger charge is -2.19. The highest BCUT2D eigenvalue weighted by molar-refractivity contribution is 6.05. The molecule has 2 atom stereocenters. The minimum Gasteiger partial charge on any atom is -0.295 e.